The molecule has 1 atom stereocenters. The molecule has 7 heteroatoms. The molecule has 196 valence electrons. The summed E-state index contributed by atoms with van der Waals surface area (Å²) in [6, 6.07) is 0. The topological polar surface area (TPSA) is 0 Å². The molecule has 0 aliphatic heterocycles. The summed E-state index contributed by atoms with van der Waals surface area (Å²) in [5.74, 6) is 1.04. The quantitative estimate of drug-likeness (QED) is 0.209. The zero-order chi connectivity index (χ0) is 23.4. The Labute approximate surface area is 229 Å². The van der Waals surface area contributed by atoms with Crippen molar-refractivity contribution < 1.29 is 15.9 Å². The van der Waals surface area contributed by atoms with E-state index in [-0.39, 0.29) is 15.9 Å². The summed E-state index contributed by atoms with van der Waals surface area (Å²) in [7, 11) is 9.79. The molecule has 0 bridgehead atoms. The Balaban J connectivity index is 0.000000243. The van der Waals surface area contributed by atoms with Crippen LogP contribution in [0.5, 0.6) is 0 Å². The molecule has 0 heterocycles. The van der Waals surface area contributed by atoms with Gasteiger partial charge in [0.05, 0.1) is 22.6 Å². The molecule has 4 rings (SSSR count). The van der Waals surface area contributed by atoms with Crippen LogP contribution in [-0.4, -0.2) is 17.0 Å². The van der Waals surface area contributed by atoms with Gasteiger partial charge in [-0.1, -0.05) is 82.4 Å². The maximum absolute atomic E-state index is 6.74. The second-order valence-corrected chi connectivity index (χ2v) is 18.0. The molecular weight excluding hydrogens is 610 g/mol. The molecule has 0 saturated heterocycles. The molecule has 0 aromatic carbocycles. The number of rotatable bonds is 3. The van der Waals surface area contributed by atoms with Crippen molar-refractivity contribution in [1.82, 2.24) is 0 Å². The summed E-state index contributed by atoms with van der Waals surface area (Å²) < 4.78 is 0. The van der Waals surface area contributed by atoms with Crippen LogP contribution in [0.25, 0.3) is 0 Å². The average Bonchev–Trinajstić information content (AvgIpc) is 2.87. The predicted molar refractivity (Wildman–Crippen MR) is 153 cm³/mol. The zero-order valence-corrected chi connectivity index (χ0v) is 26.9. The fraction of sp³-hybridized carbons (Fsp3) is 1.00. The normalized spacial score (nSPS) is 24.3. The van der Waals surface area contributed by atoms with Crippen LogP contribution in [0.15, 0.2) is 0 Å². The summed E-state index contributed by atoms with van der Waals surface area (Å²) >= 11 is 12.3. The molecule has 4 fully saturated rings. The first kappa shape index (κ1) is 32.7. The van der Waals surface area contributed by atoms with Crippen molar-refractivity contribution in [2.45, 2.75) is 152 Å². The van der Waals surface area contributed by atoms with Crippen molar-refractivity contribution in [2.24, 2.45) is 5.92 Å². The van der Waals surface area contributed by atoms with Crippen LogP contribution in [0.1, 0.15) is 135 Å². The molecule has 4 aliphatic carbocycles. The Morgan fingerprint density at radius 3 is 1.16 bits per heavy atom. The maximum atomic E-state index is 6.74. The van der Waals surface area contributed by atoms with Gasteiger partial charge in [-0.15, -0.1) is 0 Å². The minimum atomic E-state index is -0.519. The van der Waals surface area contributed by atoms with Crippen molar-refractivity contribution in [3.05, 3.63) is 0 Å². The minimum absolute atomic E-state index is 0.106. The van der Waals surface area contributed by atoms with Crippen molar-refractivity contribution in [1.29, 1.82) is 0 Å². The Bertz CT molecular complexity index is 377. The Morgan fingerprint density at radius 2 is 0.906 bits per heavy atom. The van der Waals surface area contributed by atoms with Crippen molar-refractivity contribution in [3.63, 3.8) is 0 Å². The standard InChI is InChI=1S/C12H22ClP.C7H14.C6H12ClP.2ClH.Pd/c13-14(11-7-3-1-4-8-11)12-9-5-2-6-10-12;1-7-5-3-2-4-6-7;7-8-6-4-2-1-3-5-6;;;/h11-12H,1-10H2;7H,2-6H2,1H3;6,8H,1-5H2;2*1H;/q;;;;;+2/p-1. The molecule has 0 amide bonds. The summed E-state index contributed by atoms with van der Waals surface area (Å²) in [5, 5.41) is 0. The fourth-order valence-corrected chi connectivity index (χ4v) is 10.8. The van der Waals surface area contributed by atoms with Crippen molar-refractivity contribution in [3.8, 4) is 0 Å². The van der Waals surface area contributed by atoms with Gasteiger partial charge in [-0.25, -0.2) is 0 Å². The molecule has 0 radical (unpaired) electrons. The molecule has 0 aromatic heterocycles. The monoisotopic (exact) mass is 657 g/mol. The first-order valence-electron chi connectivity index (χ1n) is 13.3. The van der Waals surface area contributed by atoms with Gasteiger partial charge in [-0.2, -0.15) is 0 Å². The molecule has 0 aromatic rings. The number of hydrogen-bond acceptors (Lipinski definition) is 0. The summed E-state index contributed by atoms with van der Waals surface area (Å²) in [6.07, 6.45) is 29.1. The molecule has 4 saturated carbocycles. The van der Waals surface area contributed by atoms with E-state index >= 15 is 0 Å². The predicted octanol–water partition coefficient (Wildman–Crippen LogP) is 12.1. The SMILES string of the molecule is CC1CCCCC1.ClPC1CCCCC1.Cl[PH+](C1CCCCC1)C1CCCCC1.[Cl][Pd][Cl]. The van der Waals surface area contributed by atoms with Crippen LogP contribution in [0.2, 0.25) is 0 Å². The number of halogens is 4. The van der Waals surface area contributed by atoms with Gasteiger partial charge in [0.1, 0.15) is 7.27 Å². The van der Waals surface area contributed by atoms with Gasteiger partial charge in [0.25, 0.3) is 0 Å². The van der Waals surface area contributed by atoms with Crippen LogP contribution in [0.3, 0.4) is 0 Å². The molecule has 0 N–H and O–H groups in total. The van der Waals surface area contributed by atoms with Gasteiger partial charge in [0.2, 0.25) is 0 Å². The van der Waals surface area contributed by atoms with Gasteiger partial charge in [-0.05, 0) is 83.7 Å². The van der Waals surface area contributed by atoms with E-state index in [1.807, 2.05) is 0 Å². The average molecular weight is 660 g/mol. The van der Waals surface area contributed by atoms with Gasteiger partial charge in [0, 0.05) is 0 Å². The van der Waals surface area contributed by atoms with E-state index in [0.29, 0.717) is 7.93 Å². The molecular formula is C25H49Cl4P2Pd+. The second kappa shape index (κ2) is 22.8. The van der Waals surface area contributed by atoms with Gasteiger partial charge >= 0.3 is 35.0 Å². The van der Waals surface area contributed by atoms with E-state index < -0.39 is 7.27 Å². The summed E-state index contributed by atoms with van der Waals surface area (Å²) in [4.78, 5) is 0. The van der Waals surface area contributed by atoms with Gasteiger partial charge < -0.3 is 0 Å². The first-order chi connectivity index (χ1) is 15.6. The molecule has 4 aliphatic rings. The van der Waals surface area contributed by atoms with Crippen LogP contribution in [0.4, 0.5) is 0 Å². The van der Waals surface area contributed by atoms with E-state index in [1.54, 1.807) is 0 Å². The first-order valence-corrected chi connectivity index (χ1v) is 22.1. The molecule has 0 nitrogen and oxygen atoms in total. The molecule has 1 unspecified atom stereocenters. The third-order valence-corrected chi connectivity index (χ3v) is 14.0. The third-order valence-electron chi connectivity index (χ3n) is 7.64. The Morgan fingerprint density at radius 1 is 0.594 bits per heavy atom. The van der Waals surface area contributed by atoms with E-state index in [4.69, 9.17) is 41.5 Å². The zero-order valence-electron chi connectivity index (χ0n) is 20.3. The summed E-state index contributed by atoms with van der Waals surface area (Å²) in [5.41, 5.74) is 2.79. The van der Waals surface area contributed by atoms with Crippen LogP contribution in [0, 0.1) is 5.92 Å². The van der Waals surface area contributed by atoms with E-state index in [9.17, 15) is 0 Å². The molecule has 0 spiro atoms. The van der Waals surface area contributed by atoms with Crippen molar-refractivity contribution in [2.75, 3.05) is 0 Å². The van der Waals surface area contributed by atoms with Crippen LogP contribution >= 0.6 is 56.7 Å². The van der Waals surface area contributed by atoms with Crippen molar-refractivity contribution >= 4 is 56.7 Å². The third kappa shape index (κ3) is 16.4. The summed E-state index contributed by atoms with van der Waals surface area (Å²) in [6.45, 7) is 2.36. The number of hydrogen-bond donors (Lipinski definition) is 0. The van der Waals surface area contributed by atoms with Crippen LogP contribution in [-0.2, 0) is 15.9 Å². The second-order valence-electron chi connectivity index (χ2n) is 10.3. The Hall–Kier alpha value is 2.68. The molecule has 32 heavy (non-hydrogen) atoms. The van der Waals surface area contributed by atoms with E-state index in [0.717, 1.165) is 22.9 Å². The van der Waals surface area contributed by atoms with Crippen LogP contribution < -0.4 is 0 Å². The van der Waals surface area contributed by atoms with E-state index in [1.165, 1.54) is 128 Å². The fourth-order valence-electron chi connectivity index (χ4n) is 5.61. The van der Waals surface area contributed by atoms with E-state index in [2.05, 4.69) is 6.92 Å². The van der Waals surface area contributed by atoms with Gasteiger partial charge in [0.15, 0.2) is 0 Å². The Kier molecular flexibility index (Phi) is 23.4. The van der Waals surface area contributed by atoms with Gasteiger partial charge in [-0.3, -0.25) is 0 Å².